The Hall–Kier alpha value is -2.84. The lowest BCUT2D eigenvalue weighted by Gasteiger charge is -2.08. The highest BCUT2D eigenvalue weighted by Gasteiger charge is 2.15. The summed E-state index contributed by atoms with van der Waals surface area (Å²) in [4.78, 5) is 23.4. The number of nitrogens with zero attached hydrogens (tertiary/aromatic N) is 3. The number of hydrogen-bond acceptors (Lipinski definition) is 5. The summed E-state index contributed by atoms with van der Waals surface area (Å²) in [7, 11) is 1.83. The van der Waals surface area contributed by atoms with Gasteiger partial charge in [-0.05, 0) is 30.3 Å². The van der Waals surface area contributed by atoms with Crippen LogP contribution < -0.4 is 10.6 Å². The number of benzene rings is 2. The smallest absolute Gasteiger partial charge is 0.234 e. The molecule has 0 spiro atoms. The van der Waals surface area contributed by atoms with E-state index in [9.17, 15) is 9.59 Å². The van der Waals surface area contributed by atoms with Crippen molar-refractivity contribution in [3.8, 4) is 11.4 Å². The minimum Gasteiger partial charge on any atom is -0.326 e. The molecule has 0 saturated carbocycles. The fourth-order valence-electron chi connectivity index (χ4n) is 2.52. The zero-order valence-corrected chi connectivity index (χ0v) is 16.8. The number of aromatic nitrogens is 3. The maximum atomic E-state index is 12.3. The molecule has 0 radical (unpaired) electrons. The Morgan fingerprint density at radius 2 is 1.79 bits per heavy atom. The third-order valence-electron chi connectivity index (χ3n) is 3.75. The van der Waals surface area contributed by atoms with Gasteiger partial charge in [-0.3, -0.25) is 9.59 Å². The molecule has 0 aliphatic carbocycles. The Labute approximate surface area is 171 Å². The molecule has 9 heteroatoms. The van der Waals surface area contributed by atoms with Crippen LogP contribution >= 0.6 is 23.4 Å². The number of thioether (sulfide) groups is 1. The van der Waals surface area contributed by atoms with Gasteiger partial charge in [0.25, 0.3) is 0 Å². The summed E-state index contributed by atoms with van der Waals surface area (Å²) >= 11 is 7.50. The number of carbonyl (C=O) groups excluding carboxylic acids is 2. The molecule has 144 valence electrons. The largest absolute Gasteiger partial charge is 0.326 e. The molecule has 1 heterocycles. The summed E-state index contributed by atoms with van der Waals surface area (Å²) in [6.45, 7) is 1.43. The van der Waals surface area contributed by atoms with E-state index in [0.717, 1.165) is 5.56 Å². The normalized spacial score (nSPS) is 10.5. The van der Waals surface area contributed by atoms with Crippen LogP contribution in [0.2, 0.25) is 5.02 Å². The topological polar surface area (TPSA) is 88.9 Å². The molecule has 0 atom stereocenters. The molecule has 2 amide bonds. The Kier molecular flexibility index (Phi) is 6.33. The second-order valence-corrected chi connectivity index (χ2v) is 7.29. The molecule has 1 aromatic heterocycles. The molecule has 3 aromatic rings. The molecule has 0 aliphatic heterocycles. The van der Waals surface area contributed by atoms with Crippen LogP contribution in [0.25, 0.3) is 11.4 Å². The maximum Gasteiger partial charge on any atom is 0.234 e. The van der Waals surface area contributed by atoms with E-state index in [-0.39, 0.29) is 17.6 Å². The van der Waals surface area contributed by atoms with Crippen molar-refractivity contribution in [1.82, 2.24) is 14.8 Å². The average Bonchev–Trinajstić information content (AvgIpc) is 3.00. The van der Waals surface area contributed by atoms with E-state index in [0.29, 0.717) is 27.4 Å². The van der Waals surface area contributed by atoms with Crippen molar-refractivity contribution >= 4 is 46.6 Å². The standard InChI is InChI=1S/C19H18ClN5O2S/c1-12(26)21-13-6-5-7-14(10-13)22-17(27)11-28-19-24-23-18(25(19)2)15-8-3-4-9-16(15)20/h3-10H,11H2,1-2H3,(H,21,26)(H,22,27). The van der Waals surface area contributed by atoms with Crippen molar-refractivity contribution in [3.05, 3.63) is 53.6 Å². The van der Waals surface area contributed by atoms with Crippen LogP contribution in [-0.4, -0.2) is 32.3 Å². The van der Waals surface area contributed by atoms with Crippen molar-refractivity contribution < 1.29 is 9.59 Å². The Bertz CT molecular complexity index is 1020. The molecule has 0 aliphatic rings. The predicted molar refractivity (Wildman–Crippen MR) is 112 cm³/mol. The molecule has 2 aromatic carbocycles. The molecular weight excluding hydrogens is 398 g/mol. The van der Waals surface area contributed by atoms with Gasteiger partial charge in [0.2, 0.25) is 11.8 Å². The molecule has 0 saturated heterocycles. The number of anilines is 2. The minimum atomic E-state index is -0.188. The van der Waals surface area contributed by atoms with E-state index in [1.54, 1.807) is 34.9 Å². The van der Waals surface area contributed by atoms with E-state index >= 15 is 0 Å². The van der Waals surface area contributed by atoms with Crippen molar-refractivity contribution in [2.24, 2.45) is 7.05 Å². The molecular formula is C19H18ClN5O2S. The second kappa shape index (κ2) is 8.90. The lowest BCUT2D eigenvalue weighted by Crippen LogP contribution is -2.15. The first-order chi connectivity index (χ1) is 13.4. The zero-order valence-electron chi connectivity index (χ0n) is 15.3. The van der Waals surface area contributed by atoms with E-state index in [2.05, 4.69) is 20.8 Å². The van der Waals surface area contributed by atoms with Crippen LogP contribution in [0.15, 0.2) is 53.7 Å². The minimum absolute atomic E-state index is 0.166. The number of rotatable bonds is 6. The van der Waals surface area contributed by atoms with Crippen molar-refractivity contribution in [2.75, 3.05) is 16.4 Å². The van der Waals surface area contributed by atoms with Gasteiger partial charge < -0.3 is 15.2 Å². The maximum absolute atomic E-state index is 12.3. The molecule has 28 heavy (non-hydrogen) atoms. The van der Waals surface area contributed by atoms with Gasteiger partial charge in [0.1, 0.15) is 0 Å². The summed E-state index contributed by atoms with van der Waals surface area (Å²) in [6, 6.07) is 14.4. The Balaban J connectivity index is 1.63. The average molecular weight is 416 g/mol. The summed E-state index contributed by atoms with van der Waals surface area (Å²) in [5.74, 6) is 0.443. The Morgan fingerprint density at radius 3 is 2.50 bits per heavy atom. The first-order valence-corrected chi connectivity index (χ1v) is 9.75. The van der Waals surface area contributed by atoms with Crippen molar-refractivity contribution in [1.29, 1.82) is 0 Å². The van der Waals surface area contributed by atoms with Gasteiger partial charge in [-0.1, -0.05) is 41.6 Å². The van der Waals surface area contributed by atoms with Crippen LogP contribution in [0.5, 0.6) is 0 Å². The van der Waals surface area contributed by atoms with Gasteiger partial charge in [-0.15, -0.1) is 10.2 Å². The van der Waals surface area contributed by atoms with Crippen LogP contribution in [0.4, 0.5) is 11.4 Å². The van der Waals surface area contributed by atoms with Crippen LogP contribution in [0.1, 0.15) is 6.92 Å². The van der Waals surface area contributed by atoms with Gasteiger partial charge in [-0.2, -0.15) is 0 Å². The SMILES string of the molecule is CC(=O)Nc1cccc(NC(=O)CSc2nnc(-c3ccccc3Cl)n2C)c1. The molecule has 3 rings (SSSR count). The number of amides is 2. The Morgan fingerprint density at radius 1 is 1.07 bits per heavy atom. The monoisotopic (exact) mass is 415 g/mol. The molecule has 0 unspecified atom stereocenters. The zero-order chi connectivity index (χ0) is 20.1. The molecule has 0 bridgehead atoms. The number of hydrogen-bond donors (Lipinski definition) is 2. The van der Waals surface area contributed by atoms with E-state index < -0.39 is 0 Å². The number of nitrogens with one attached hydrogen (secondary N) is 2. The summed E-state index contributed by atoms with van der Waals surface area (Å²) in [5.41, 5.74) is 2.01. The first kappa shape index (κ1) is 19.9. The highest BCUT2D eigenvalue weighted by Crippen LogP contribution is 2.28. The lowest BCUT2D eigenvalue weighted by molar-refractivity contribution is -0.114. The predicted octanol–water partition coefficient (Wildman–Crippen LogP) is 3.82. The third kappa shape index (κ3) is 4.90. The van der Waals surface area contributed by atoms with Crippen molar-refractivity contribution in [2.45, 2.75) is 12.1 Å². The number of carbonyl (C=O) groups is 2. The van der Waals surface area contributed by atoms with E-state index in [1.165, 1.54) is 18.7 Å². The molecule has 2 N–H and O–H groups in total. The van der Waals surface area contributed by atoms with Gasteiger partial charge in [0.05, 0.1) is 10.8 Å². The van der Waals surface area contributed by atoms with E-state index in [1.807, 2.05) is 25.2 Å². The van der Waals surface area contributed by atoms with Gasteiger partial charge >= 0.3 is 0 Å². The van der Waals surface area contributed by atoms with Gasteiger partial charge in [-0.25, -0.2) is 0 Å². The fraction of sp³-hybridized carbons (Fsp3) is 0.158. The number of halogens is 1. The van der Waals surface area contributed by atoms with Gasteiger partial charge in [0.15, 0.2) is 11.0 Å². The molecule has 0 fully saturated rings. The van der Waals surface area contributed by atoms with Crippen LogP contribution in [0, 0.1) is 0 Å². The summed E-state index contributed by atoms with van der Waals surface area (Å²) in [5, 5.41) is 15.0. The molecule has 7 nitrogen and oxygen atoms in total. The quantitative estimate of drug-likeness (QED) is 0.597. The third-order valence-corrected chi connectivity index (χ3v) is 5.10. The first-order valence-electron chi connectivity index (χ1n) is 8.38. The van der Waals surface area contributed by atoms with Crippen LogP contribution in [-0.2, 0) is 16.6 Å². The van der Waals surface area contributed by atoms with E-state index in [4.69, 9.17) is 11.6 Å². The lowest BCUT2D eigenvalue weighted by atomic mass is 10.2. The second-order valence-electron chi connectivity index (χ2n) is 5.94. The fourth-order valence-corrected chi connectivity index (χ4v) is 3.45. The van der Waals surface area contributed by atoms with Crippen LogP contribution in [0.3, 0.4) is 0 Å². The summed E-state index contributed by atoms with van der Waals surface area (Å²) in [6.07, 6.45) is 0. The highest BCUT2D eigenvalue weighted by molar-refractivity contribution is 7.99. The highest BCUT2D eigenvalue weighted by atomic mass is 35.5. The van der Waals surface area contributed by atoms with Crippen molar-refractivity contribution in [3.63, 3.8) is 0 Å². The van der Waals surface area contributed by atoms with Gasteiger partial charge in [0, 0.05) is 30.9 Å². The summed E-state index contributed by atoms with van der Waals surface area (Å²) < 4.78 is 1.80.